The van der Waals surface area contributed by atoms with Crippen molar-refractivity contribution in [2.24, 2.45) is 0 Å². The number of anilines is 1. The predicted octanol–water partition coefficient (Wildman–Crippen LogP) is 2.81. The van der Waals surface area contributed by atoms with Crippen LogP contribution in [0, 0.1) is 0 Å². The summed E-state index contributed by atoms with van der Waals surface area (Å²) in [6, 6.07) is 17.4. The Labute approximate surface area is 150 Å². The van der Waals surface area contributed by atoms with Crippen molar-refractivity contribution in [3.05, 3.63) is 66.2 Å². The van der Waals surface area contributed by atoms with Crippen LogP contribution in [-0.4, -0.2) is 24.0 Å². The van der Waals surface area contributed by atoms with Crippen molar-refractivity contribution in [3.8, 4) is 11.5 Å². The molecular formula is C20H18N2O4. The molecule has 0 unspecified atom stereocenters. The lowest BCUT2D eigenvalue weighted by atomic mass is 10.0. The molecular weight excluding hydrogens is 332 g/mol. The maximum atomic E-state index is 12.1. The van der Waals surface area contributed by atoms with Gasteiger partial charge in [-0.1, -0.05) is 30.3 Å². The molecule has 0 heterocycles. The van der Waals surface area contributed by atoms with E-state index in [0.717, 1.165) is 16.3 Å². The molecule has 132 valence electrons. The zero-order valence-electron chi connectivity index (χ0n) is 14.2. The van der Waals surface area contributed by atoms with Crippen LogP contribution in [0.3, 0.4) is 0 Å². The first kappa shape index (κ1) is 17.3. The lowest BCUT2D eigenvalue weighted by Gasteiger charge is -2.13. The highest BCUT2D eigenvalue weighted by molar-refractivity contribution is 6.39. The standard InChI is InChI=1S/C20H18N2O4/c1-26-18-11-6-13-4-2-3-5-16(13)17(18)12-21-19(24)20(25)22-14-7-9-15(23)10-8-14/h2-11,23H,12H2,1H3,(H,21,24)(H,22,25). The van der Waals surface area contributed by atoms with Crippen LogP contribution in [0.4, 0.5) is 5.69 Å². The van der Waals surface area contributed by atoms with Gasteiger partial charge in [-0.05, 0) is 41.1 Å². The molecule has 3 aromatic carbocycles. The fourth-order valence-electron chi connectivity index (χ4n) is 2.67. The average Bonchev–Trinajstić information content (AvgIpc) is 2.67. The van der Waals surface area contributed by atoms with Crippen LogP contribution in [0.25, 0.3) is 10.8 Å². The Morgan fingerprint density at radius 1 is 0.962 bits per heavy atom. The third-order valence-corrected chi connectivity index (χ3v) is 3.97. The molecule has 3 aromatic rings. The van der Waals surface area contributed by atoms with Gasteiger partial charge in [0, 0.05) is 17.8 Å². The summed E-state index contributed by atoms with van der Waals surface area (Å²) in [4.78, 5) is 24.1. The molecule has 0 fully saturated rings. The molecule has 3 N–H and O–H groups in total. The topological polar surface area (TPSA) is 87.7 Å². The minimum absolute atomic E-state index is 0.0792. The molecule has 0 aliphatic rings. The normalized spacial score (nSPS) is 10.3. The second-order valence-electron chi connectivity index (χ2n) is 5.65. The number of nitrogens with one attached hydrogen (secondary N) is 2. The largest absolute Gasteiger partial charge is 0.508 e. The van der Waals surface area contributed by atoms with Crippen LogP contribution < -0.4 is 15.4 Å². The lowest BCUT2D eigenvalue weighted by Crippen LogP contribution is -2.35. The smallest absolute Gasteiger partial charge is 0.313 e. The van der Waals surface area contributed by atoms with E-state index in [-0.39, 0.29) is 12.3 Å². The van der Waals surface area contributed by atoms with Crippen LogP contribution in [0.5, 0.6) is 11.5 Å². The second kappa shape index (κ2) is 7.57. The van der Waals surface area contributed by atoms with Gasteiger partial charge in [0.1, 0.15) is 11.5 Å². The number of phenols is 1. The number of hydrogen-bond donors (Lipinski definition) is 3. The van der Waals surface area contributed by atoms with Gasteiger partial charge in [0.25, 0.3) is 0 Å². The van der Waals surface area contributed by atoms with Gasteiger partial charge in [-0.25, -0.2) is 0 Å². The fraction of sp³-hybridized carbons (Fsp3) is 0.100. The van der Waals surface area contributed by atoms with Gasteiger partial charge in [0.15, 0.2) is 0 Å². The second-order valence-corrected chi connectivity index (χ2v) is 5.65. The Morgan fingerprint density at radius 3 is 2.42 bits per heavy atom. The van der Waals surface area contributed by atoms with Crippen molar-refractivity contribution in [2.75, 3.05) is 12.4 Å². The van der Waals surface area contributed by atoms with E-state index < -0.39 is 11.8 Å². The first-order chi connectivity index (χ1) is 12.6. The van der Waals surface area contributed by atoms with Gasteiger partial charge in [-0.2, -0.15) is 0 Å². The SMILES string of the molecule is COc1ccc2ccccc2c1CNC(=O)C(=O)Nc1ccc(O)cc1. The number of aromatic hydroxyl groups is 1. The Hall–Kier alpha value is -3.54. The van der Waals surface area contributed by atoms with Crippen molar-refractivity contribution in [3.63, 3.8) is 0 Å². The van der Waals surface area contributed by atoms with E-state index >= 15 is 0 Å². The summed E-state index contributed by atoms with van der Waals surface area (Å²) in [6.45, 7) is 0.159. The monoisotopic (exact) mass is 350 g/mol. The average molecular weight is 350 g/mol. The molecule has 0 spiro atoms. The van der Waals surface area contributed by atoms with Crippen LogP contribution in [0.2, 0.25) is 0 Å². The van der Waals surface area contributed by atoms with Crippen LogP contribution in [-0.2, 0) is 16.1 Å². The number of hydrogen-bond acceptors (Lipinski definition) is 4. The summed E-state index contributed by atoms with van der Waals surface area (Å²) in [6.07, 6.45) is 0. The molecule has 0 radical (unpaired) electrons. The number of ether oxygens (including phenoxy) is 1. The molecule has 3 rings (SSSR count). The van der Waals surface area contributed by atoms with E-state index in [9.17, 15) is 14.7 Å². The molecule has 6 nitrogen and oxygen atoms in total. The summed E-state index contributed by atoms with van der Waals surface area (Å²) >= 11 is 0. The number of rotatable bonds is 4. The Balaban J connectivity index is 1.72. The van der Waals surface area contributed by atoms with E-state index in [2.05, 4.69) is 10.6 Å². The number of carbonyl (C=O) groups is 2. The maximum absolute atomic E-state index is 12.1. The summed E-state index contributed by atoms with van der Waals surface area (Å²) in [5.74, 6) is -0.818. The summed E-state index contributed by atoms with van der Waals surface area (Å²) in [5.41, 5.74) is 1.22. The van der Waals surface area contributed by atoms with Crippen molar-refractivity contribution in [1.29, 1.82) is 0 Å². The number of phenolic OH excluding ortho intramolecular Hbond substituents is 1. The minimum Gasteiger partial charge on any atom is -0.508 e. The Kier molecular flexibility index (Phi) is 5.03. The predicted molar refractivity (Wildman–Crippen MR) is 99.1 cm³/mol. The lowest BCUT2D eigenvalue weighted by molar-refractivity contribution is -0.136. The zero-order chi connectivity index (χ0) is 18.5. The molecule has 2 amide bonds. The van der Waals surface area contributed by atoms with Crippen molar-refractivity contribution in [1.82, 2.24) is 5.32 Å². The Morgan fingerprint density at radius 2 is 1.69 bits per heavy atom. The van der Waals surface area contributed by atoms with Crippen molar-refractivity contribution >= 4 is 28.3 Å². The maximum Gasteiger partial charge on any atom is 0.313 e. The first-order valence-electron chi connectivity index (χ1n) is 8.01. The van der Waals surface area contributed by atoms with Crippen LogP contribution in [0.15, 0.2) is 60.7 Å². The van der Waals surface area contributed by atoms with Gasteiger partial charge in [0.05, 0.1) is 7.11 Å². The van der Waals surface area contributed by atoms with E-state index in [1.54, 1.807) is 7.11 Å². The number of methoxy groups -OCH3 is 1. The molecule has 0 saturated heterocycles. The van der Waals surface area contributed by atoms with Crippen molar-refractivity contribution in [2.45, 2.75) is 6.54 Å². The van der Waals surface area contributed by atoms with E-state index in [0.29, 0.717) is 11.4 Å². The highest BCUT2D eigenvalue weighted by Gasteiger charge is 2.15. The van der Waals surface area contributed by atoms with Gasteiger partial charge in [-0.15, -0.1) is 0 Å². The highest BCUT2D eigenvalue weighted by Crippen LogP contribution is 2.27. The van der Waals surface area contributed by atoms with Crippen LogP contribution >= 0.6 is 0 Å². The van der Waals surface area contributed by atoms with Gasteiger partial charge in [0.2, 0.25) is 0 Å². The molecule has 0 aliphatic carbocycles. The number of carbonyl (C=O) groups excluding carboxylic acids is 2. The molecule has 26 heavy (non-hydrogen) atoms. The zero-order valence-corrected chi connectivity index (χ0v) is 14.2. The van der Waals surface area contributed by atoms with Gasteiger partial charge in [-0.3, -0.25) is 9.59 Å². The first-order valence-corrected chi connectivity index (χ1v) is 8.01. The number of amides is 2. The fourth-order valence-corrected chi connectivity index (χ4v) is 2.67. The van der Waals surface area contributed by atoms with E-state index in [1.807, 2.05) is 36.4 Å². The highest BCUT2D eigenvalue weighted by atomic mass is 16.5. The molecule has 6 heteroatoms. The number of fused-ring (bicyclic) bond motifs is 1. The van der Waals surface area contributed by atoms with E-state index in [4.69, 9.17) is 4.74 Å². The third-order valence-electron chi connectivity index (χ3n) is 3.97. The molecule has 0 bridgehead atoms. The molecule has 0 saturated carbocycles. The van der Waals surface area contributed by atoms with Gasteiger partial charge >= 0.3 is 11.8 Å². The molecule has 0 aromatic heterocycles. The third kappa shape index (κ3) is 3.75. The summed E-state index contributed by atoms with van der Waals surface area (Å²) in [7, 11) is 1.56. The summed E-state index contributed by atoms with van der Waals surface area (Å²) in [5, 5.41) is 16.3. The van der Waals surface area contributed by atoms with Crippen LogP contribution in [0.1, 0.15) is 5.56 Å². The summed E-state index contributed by atoms with van der Waals surface area (Å²) < 4.78 is 5.38. The number of benzene rings is 3. The van der Waals surface area contributed by atoms with Crippen molar-refractivity contribution < 1.29 is 19.4 Å². The molecule has 0 atom stereocenters. The molecule has 0 aliphatic heterocycles. The Bertz CT molecular complexity index is 952. The van der Waals surface area contributed by atoms with E-state index in [1.165, 1.54) is 24.3 Å². The minimum atomic E-state index is -0.783. The quantitative estimate of drug-likeness (QED) is 0.499. The van der Waals surface area contributed by atoms with Gasteiger partial charge < -0.3 is 20.5 Å².